The Morgan fingerprint density at radius 2 is 1.53 bits per heavy atom. The van der Waals surface area contributed by atoms with Crippen LogP contribution in [0.4, 0.5) is 0 Å². The molecular formula is C35H45N3O13. The Morgan fingerprint density at radius 1 is 0.902 bits per heavy atom. The zero-order chi connectivity index (χ0) is 37.4. The molecule has 1 saturated heterocycles. The number of nitrogens with one attached hydrogen (secondary N) is 3. The average molecular weight is 716 g/mol. The summed E-state index contributed by atoms with van der Waals surface area (Å²) in [4.78, 5) is 50.4. The zero-order valence-electron chi connectivity index (χ0n) is 28.1. The van der Waals surface area contributed by atoms with Crippen molar-refractivity contribution in [3.63, 3.8) is 0 Å². The van der Waals surface area contributed by atoms with Gasteiger partial charge in [0.05, 0.1) is 51.0 Å². The fraction of sp³-hybridized carbons (Fsp3) is 0.486. The topological polar surface area (TPSA) is 242 Å². The van der Waals surface area contributed by atoms with E-state index in [0.29, 0.717) is 5.56 Å². The van der Waals surface area contributed by atoms with Gasteiger partial charge < -0.3 is 60.4 Å². The second kappa shape index (κ2) is 20.4. The van der Waals surface area contributed by atoms with Crippen molar-refractivity contribution >= 4 is 23.7 Å². The first kappa shape index (κ1) is 41.0. The van der Waals surface area contributed by atoms with Crippen LogP contribution < -0.4 is 16.0 Å². The van der Waals surface area contributed by atoms with Crippen LogP contribution in [0.5, 0.6) is 0 Å². The SMILES string of the molecule is C#CCOCCOCCO[C@@]1(C(=O)O)O[C@@H]([C@H](O)[C@H](O)CNC(=O)Cc2ccc(-c3ccccc3)cc2)[C@H](NC(=O)CO)[C@@H](NC(=O)CC)[C@@H]1O. The van der Waals surface area contributed by atoms with Crippen molar-refractivity contribution in [2.75, 3.05) is 46.2 Å². The number of terminal acetylenes is 1. The summed E-state index contributed by atoms with van der Waals surface area (Å²) in [6.45, 7) is -0.559. The van der Waals surface area contributed by atoms with Gasteiger partial charge >= 0.3 is 5.97 Å². The molecule has 1 aliphatic heterocycles. The van der Waals surface area contributed by atoms with Gasteiger partial charge in [-0.25, -0.2) is 4.79 Å². The molecule has 0 spiro atoms. The standard InChI is InChI=1S/C35H45N3O13/c1-3-14-48-15-16-49-17-18-50-35(34(46)47)33(45)30(37-26(41)4-2)29(38-28(43)21-39)32(51-35)31(44)25(40)20-36-27(42)19-22-10-12-24(13-11-22)23-8-6-5-7-9-23/h1,5-13,25,29-33,39-40,44-45H,4,14-21H2,2H3,(H,36,42)(H,37,41)(H,38,43)(H,46,47)/t25-,29-,30-,31-,32-,33+,35-/m1/s1. The lowest BCUT2D eigenvalue weighted by Gasteiger charge is -2.50. The third-order valence-corrected chi connectivity index (χ3v) is 7.97. The molecule has 1 fully saturated rings. The second-order valence-corrected chi connectivity index (χ2v) is 11.5. The number of aliphatic hydroxyl groups excluding tert-OH is 4. The highest BCUT2D eigenvalue weighted by Gasteiger charge is 2.62. The predicted octanol–water partition coefficient (Wildman–Crippen LogP) is -1.67. The number of benzene rings is 2. The second-order valence-electron chi connectivity index (χ2n) is 11.5. The van der Waals surface area contributed by atoms with E-state index >= 15 is 0 Å². The van der Waals surface area contributed by atoms with Crippen molar-refractivity contribution in [2.24, 2.45) is 0 Å². The summed E-state index contributed by atoms with van der Waals surface area (Å²) in [6.07, 6.45) is -3.07. The summed E-state index contributed by atoms with van der Waals surface area (Å²) in [6, 6.07) is 13.6. The van der Waals surface area contributed by atoms with Crippen LogP contribution in [0.15, 0.2) is 54.6 Å². The van der Waals surface area contributed by atoms with E-state index in [9.17, 15) is 44.7 Å². The number of hydrogen-bond donors (Lipinski definition) is 8. The molecule has 0 aliphatic carbocycles. The number of aliphatic carboxylic acids is 1. The van der Waals surface area contributed by atoms with Gasteiger partial charge in [-0.05, 0) is 16.7 Å². The first-order valence-corrected chi connectivity index (χ1v) is 16.3. The van der Waals surface area contributed by atoms with Gasteiger partial charge in [-0.1, -0.05) is 67.4 Å². The molecule has 3 rings (SSSR count). The van der Waals surface area contributed by atoms with E-state index in [1.165, 1.54) is 6.92 Å². The van der Waals surface area contributed by atoms with Crippen LogP contribution in [0, 0.1) is 12.3 Å². The highest BCUT2D eigenvalue weighted by Crippen LogP contribution is 2.34. The Hall–Kier alpha value is -4.44. The van der Waals surface area contributed by atoms with E-state index in [4.69, 9.17) is 25.4 Å². The molecule has 7 atom stereocenters. The Kier molecular flexibility index (Phi) is 16.4. The van der Waals surface area contributed by atoms with Crippen molar-refractivity contribution < 1.29 is 63.7 Å². The lowest BCUT2D eigenvalue weighted by Crippen LogP contribution is -2.77. The first-order valence-electron chi connectivity index (χ1n) is 16.3. The monoisotopic (exact) mass is 715 g/mol. The number of carboxylic acids is 1. The molecular weight excluding hydrogens is 670 g/mol. The number of aliphatic hydroxyl groups is 4. The lowest BCUT2D eigenvalue weighted by molar-refractivity contribution is -0.334. The fourth-order valence-corrected chi connectivity index (χ4v) is 5.34. The van der Waals surface area contributed by atoms with Gasteiger partial charge in [0.15, 0.2) is 0 Å². The summed E-state index contributed by atoms with van der Waals surface area (Å²) < 4.78 is 21.6. The van der Waals surface area contributed by atoms with Crippen LogP contribution in [-0.4, -0.2) is 138 Å². The molecule has 8 N–H and O–H groups in total. The van der Waals surface area contributed by atoms with Crippen LogP contribution in [-0.2, 0) is 44.5 Å². The molecule has 2 aromatic rings. The number of ether oxygens (including phenoxy) is 4. The van der Waals surface area contributed by atoms with E-state index in [1.54, 1.807) is 12.1 Å². The van der Waals surface area contributed by atoms with Gasteiger partial charge in [-0.3, -0.25) is 14.4 Å². The van der Waals surface area contributed by atoms with E-state index in [2.05, 4.69) is 21.9 Å². The molecule has 51 heavy (non-hydrogen) atoms. The van der Waals surface area contributed by atoms with E-state index < -0.39 is 85.7 Å². The average Bonchev–Trinajstić information content (AvgIpc) is 3.14. The Balaban J connectivity index is 1.77. The van der Waals surface area contributed by atoms with Crippen LogP contribution in [0.1, 0.15) is 18.9 Å². The lowest BCUT2D eigenvalue weighted by atomic mass is 9.84. The smallest absolute Gasteiger partial charge is 0.367 e. The molecule has 0 unspecified atom stereocenters. The number of carboxylic acid groups (broad SMARTS) is 1. The summed E-state index contributed by atoms with van der Waals surface area (Å²) in [5.74, 6) is -4.78. The summed E-state index contributed by atoms with van der Waals surface area (Å²) in [7, 11) is 0. The molecule has 0 saturated carbocycles. The molecule has 0 radical (unpaired) electrons. The molecule has 3 amide bonds. The van der Waals surface area contributed by atoms with Crippen LogP contribution >= 0.6 is 0 Å². The van der Waals surface area contributed by atoms with Gasteiger partial charge in [0.1, 0.15) is 31.5 Å². The number of carbonyl (C=O) groups is 4. The van der Waals surface area contributed by atoms with Crippen LogP contribution in [0.25, 0.3) is 11.1 Å². The summed E-state index contributed by atoms with van der Waals surface area (Å²) in [5, 5.41) is 60.6. The number of rotatable bonds is 20. The van der Waals surface area contributed by atoms with Gasteiger partial charge in [0.25, 0.3) is 5.79 Å². The molecule has 0 bridgehead atoms. The van der Waals surface area contributed by atoms with Crippen molar-refractivity contribution in [3.8, 4) is 23.5 Å². The molecule has 1 aliphatic rings. The quantitative estimate of drug-likeness (QED) is 0.0566. The Morgan fingerprint density at radius 3 is 2.16 bits per heavy atom. The Bertz CT molecular complexity index is 1470. The Labute approximate surface area is 295 Å². The minimum atomic E-state index is -2.96. The molecule has 1 heterocycles. The highest BCUT2D eigenvalue weighted by atomic mass is 16.7. The first-order chi connectivity index (χ1) is 24.5. The minimum Gasteiger partial charge on any atom is -0.477 e. The summed E-state index contributed by atoms with van der Waals surface area (Å²) in [5.41, 5.74) is 2.62. The van der Waals surface area contributed by atoms with E-state index in [1.807, 2.05) is 42.5 Å². The van der Waals surface area contributed by atoms with Crippen molar-refractivity contribution in [1.82, 2.24) is 16.0 Å². The minimum absolute atomic E-state index is 0.0586. The zero-order valence-corrected chi connectivity index (χ0v) is 28.1. The van der Waals surface area contributed by atoms with E-state index in [-0.39, 0.29) is 39.3 Å². The summed E-state index contributed by atoms with van der Waals surface area (Å²) >= 11 is 0. The number of hydrogen-bond acceptors (Lipinski definition) is 12. The third-order valence-electron chi connectivity index (χ3n) is 7.97. The molecule has 278 valence electrons. The van der Waals surface area contributed by atoms with Gasteiger partial charge in [0.2, 0.25) is 17.7 Å². The maximum absolute atomic E-state index is 12.8. The predicted molar refractivity (Wildman–Crippen MR) is 180 cm³/mol. The maximum atomic E-state index is 12.8. The number of amides is 3. The maximum Gasteiger partial charge on any atom is 0.367 e. The normalized spacial score (nSPS) is 22.6. The van der Waals surface area contributed by atoms with Gasteiger partial charge in [0, 0.05) is 13.0 Å². The van der Waals surface area contributed by atoms with Gasteiger partial charge in [-0.2, -0.15) is 0 Å². The number of carbonyl (C=O) groups excluding carboxylic acids is 3. The molecule has 16 heteroatoms. The van der Waals surface area contributed by atoms with Crippen LogP contribution in [0.2, 0.25) is 0 Å². The largest absolute Gasteiger partial charge is 0.477 e. The molecule has 16 nitrogen and oxygen atoms in total. The van der Waals surface area contributed by atoms with E-state index in [0.717, 1.165) is 11.1 Å². The van der Waals surface area contributed by atoms with Crippen LogP contribution in [0.3, 0.4) is 0 Å². The highest BCUT2D eigenvalue weighted by molar-refractivity contribution is 5.81. The van der Waals surface area contributed by atoms with Crippen molar-refractivity contribution in [1.29, 1.82) is 0 Å². The van der Waals surface area contributed by atoms with Crippen molar-refractivity contribution in [2.45, 2.75) is 62.1 Å². The third kappa shape index (κ3) is 11.5. The van der Waals surface area contributed by atoms with Gasteiger partial charge in [-0.15, -0.1) is 6.42 Å². The fourth-order valence-electron chi connectivity index (χ4n) is 5.34. The molecule has 0 aromatic heterocycles. The van der Waals surface area contributed by atoms with Crippen molar-refractivity contribution in [3.05, 3.63) is 60.2 Å². The molecule has 2 aromatic carbocycles.